The highest BCUT2D eigenvalue weighted by Crippen LogP contribution is 2.22. The van der Waals surface area contributed by atoms with E-state index >= 15 is 0 Å². The molecule has 94 valence electrons. The number of nitrogens with zero attached hydrogens (tertiary/aromatic N) is 2. The Morgan fingerprint density at radius 1 is 1.11 bits per heavy atom. The molecule has 1 aromatic carbocycles. The SMILES string of the molecule is CNCc1ccc(N(C)c2ccccc2)nc1C. The van der Waals surface area contributed by atoms with Gasteiger partial charge in [-0.05, 0) is 37.7 Å². The first-order valence-electron chi connectivity index (χ1n) is 6.12. The summed E-state index contributed by atoms with van der Waals surface area (Å²) in [5, 5.41) is 3.15. The molecule has 0 amide bonds. The molecule has 0 spiro atoms. The molecular weight excluding hydrogens is 222 g/mol. The van der Waals surface area contributed by atoms with Crippen molar-refractivity contribution in [2.24, 2.45) is 0 Å². The molecule has 0 fully saturated rings. The maximum absolute atomic E-state index is 4.65. The van der Waals surface area contributed by atoms with Gasteiger partial charge in [0.25, 0.3) is 0 Å². The Labute approximate surface area is 108 Å². The lowest BCUT2D eigenvalue weighted by atomic mass is 10.2. The predicted molar refractivity (Wildman–Crippen MR) is 76.2 cm³/mol. The first kappa shape index (κ1) is 12.6. The van der Waals surface area contributed by atoms with Crippen LogP contribution in [0.2, 0.25) is 0 Å². The number of nitrogens with one attached hydrogen (secondary N) is 1. The van der Waals surface area contributed by atoms with E-state index in [9.17, 15) is 0 Å². The molecule has 0 saturated heterocycles. The molecule has 0 aliphatic carbocycles. The second-order valence-corrected chi connectivity index (χ2v) is 4.34. The van der Waals surface area contributed by atoms with Gasteiger partial charge in [-0.3, -0.25) is 0 Å². The molecule has 0 unspecified atom stereocenters. The van der Waals surface area contributed by atoms with Crippen LogP contribution < -0.4 is 10.2 Å². The summed E-state index contributed by atoms with van der Waals surface area (Å²) >= 11 is 0. The zero-order valence-electron chi connectivity index (χ0n) is 11.1. The summed E-state index contributed by atoms with van der Waals surface area (Å²) in [7, 11) is 3.98. The maximum atomic E-state index is 4.65. The number of pyridine rings is 1. The fourth-order valence-corrected chi connectivity index (χ4v) is 1.92. The lowest BCUT2D eigenvalue weighted by molar-refractivity contribution is 0.804. The Kier molecular flexibility index (Phi) is 3.95. The summed E-state index contributed by atoms with van der Waals surface area (Å²) < 4.78 is 0. The van der Waals surface area contributed by atoms with E-state index < -0.39 is 0 Å². The van der Waals surface area contributed by atoms with Gasteiger partial charge in [-0.15, -0.1) is 0 Å². The van der Waals surface area contributed by atoms with Crippen LogP contribution in [0.3, 0.4) is 0 Å². The minimum absolute atomic E-state index is 0.855. The first-order valence-corrected chi connectivity index (χ1v) is 6.12. The van der Waals surface area contributed by atoms with Gasteiger partial charge < -0.3 is 10.2 Å². The van der Waals surface area contributed by atoms with Crippen LogP contribution in [0, 0.1) is 6.92 Å². The second kappa shape index (κ2) is 5.65. The summed E-state index contributed by atoms with van der Waals surface area (Å²) in [5.74, 6) is 0.971. The highest BCUT2D eigenvalue weighted by Gasteiger charge is 2.06. The molecule has 0 radical (unpaired) electrons. The number of aryl methyl sites for hydroxylation is 1. The van der Waals surface area contributed by atoms with Crippen LogP contribution in [0.25, 0.3) is 0 Å². The van der Waals surface area contributed by atoms with E-state index in [1.807, 2.05) is 32.3 Å². The third-order valence-corrected chi connectivity index (χ3v) is 3.03. The van der Waals surface area contributed by atoms with E-state index in [4.69, 9.17) is 0 Å². The van der Waals surface area contributed by atoms with Gasteiger partial charge in [-0.2, -0.15) is 0 Å². The lowest BCUT2D eigenvalue weighted by Gasteiger charge is -2.19. The predicted octanol–water partition coefficient (Wildman–Crippen LogP) is 2.88. The maximum Gasteiger partial charge on any atom is 0.132 e. The van der Waals surface area contributed by atoms with Crippen molar-refractivity contribution in [1.29, 1.82) is 0 Å². The number of hydrogen-bond donors (Lipinski definition) is 1. The number of rotatable bonds is 4. The van der Waals surface area contributed by atoms with Gasteiger partial charge in [0.2, 0.25) is 0 Å². The van der Waals surface area contributed by atoms with Crippen molar-refractivity contribution in [2.75, 3.05) is 19.0 Å². The highest BCUT2D eigenvalue weighted by molar-refractivity contribution is 5.59. The molecule has 1 aromatic heterocycles. The molecular formula is C15H19N3. The van der Waals surface area contributed by atoms with Crippen LogP contribution >= 0.6 is 0 Å². The Morgan fingerprint density at radius 2 is 1.83 bits per heavy atom. The molecule has 0 bridgehead atoms. The summed E-state index contributed by atoms with van der Waals surface area (Å²) in [6.45, 7) is 2.91. The van der Waals surface area contributed by atoms with Gasteiger partial charge in [-0.1, -0.05) is 24.3 Å². The average Bonchev–Trinajstić information content (AvgIpc) is 2.41. The molecule has 18 heavy (non-hydrogen) atoms. The van der Waals surface area contributed by atoms with Crippen molar-refractivity contribution in [1.82, 2.24) is 10.3 Å². The van der Waals surface area contributed by atoms with Crippen molar-refractivity contribution in [3.05, 3.63) is 53.7 Å². The quantitative estimate of drug-likeness (QED) is 0.892. The second-order valence-electron chi connectivity index (χ2n) is 4.34. The third-order valence-electron chi connectivity index (χ3n) is 3.03. The molecule has 0 aliphatic rings. The fraction of sp³-hybridized carbons (Fsp3) is 0.267. The molecule has 1 heterocycles. The monoisotopic (exact) mass is 241 g/mol. The van der Waals surface area contributed by atoms with E-state index in [2.05, 4.69) is 46.4 Å². The molecule has 2 aromatic rings. The zero-order valence-corrected chi connectivity index (χ0v) is 11.1. The normalized spacial score (nSPS) is 10.4. The third kappa shape index (κ3) is 2.68. The van der Waals surface area contributed by atoms with Gasteiger partial charge in [0.05, 0.1) is 0 Å². The molecule has 3 nitrogen and oxygen atoms in total. The standard InChI is InChI=1S/C15H19N3/c1-12-13(11-16-2)9-10-15(17-12)18(3)14-7-5-4-6-8-14/h4-10,16H,11H2,1-3H3. The van der Waals surface area contributed by atoms with Crippen molar-refractivity contribution < 1.29 is 0 Å². The first-order chi connectivity index (χ1) is 8.72. The van der Waals surface area contributed by atoms with Crippen molar-refractivity contribution >= 4 is 11.5 Å². The highest BCUT2D eigenvalue weighted by atomic mass is 15.2. The van der Waals surface area contributed by atoms with E-state index in [0.29, 0.717) is 0 Å². The Bertz CT molecular complexity index is 508. The smallest absolute Gasteiger partial charge is 0.132 e. The van der Waals surface area contributed by atoms with Crippen molar-refractivity contribution in [3.63, 3.8) is 0 Å². The minimum atomic E-state index is 0.855. The van der Waals surface area contributed by atoms with Crippen LogP contribution in [0.15, 0.2) is 42.5 Å². The zero-order chi connectivity index (χ0) is 13.0. The van der Waals surface area contributed by atoms with Crippen LogP contribution in [0.1, 0.15) is 11.3 Å². The fourth-order valence-electron chi connectivity index (χ4n) is 1.92. The average molecular weight is 241 g/mol. The Hall–Kier alpha value is -1.87. The van der Waals surface area contributed by atoms with Gasteiger partial charge >= 0.3 is 0 Å². The van der Waals surface area contributed by atoms with E-state index in [1.54, 1.807) is 0 Å². The summed E-state index contributed by atoms with van der Waals surface area (Å²) in [6, 6.07) is 14.4. The van der Waals surface area contributed by atoms with Crippen molar-refractivity contribution in [3.8, 4) is 0 Å². The molecule has 2 rings (SSSR count). The van der Waals surface area contributed by atoms with Crippen molar-refractivity contribution in [2.45, 2.75) is 13.5 Å². The molecule has 3 heteroatoms. The van der Waals surface area contributed by atoms with Crippen LogP contribution in [-0.4, -0.2) is 19.1 Å². The Morgan fingerprint density at radius 3 is 2.44 bits per heavy atom. The summed E-state index contributed by atoms with van der Waals surface area (Å²) in [4.78, 5) is 6.75. The van der Waals surface area contributed by atoms with E-state index in [1.165, 1.54) is 5.56 Å². The molecule has 1 N–H and O–H groups in total. The van der Waals surface area contributed by atoms with E-state index in [-0.39, 0.29) is 0 Å². The number of anilines is 2. The molecule has 0 saturated carbocycles. The summed E-state index contributed by atoms with van der Waals surface area (Å²) in [6.07, 6.45) is 0. The number of benzene rings is 1. The number of aromatic nitrogens is 1. The van der Waals surface area contributed by atoms with E-state index in [0.717, 1.165) is 23.7 Å². The largest absolute Gasteiger partial charge is 0.329 e. The number of hydrogen-bond acceptors (Lipinski definition) is 3. The Balaban J connectivity index is 2.26. The van der Waals surface area contributed by atoms with Gasteiger partial charge in [0.1, 0.15) is 5.82 Å². The van der Waals surface area contributed by atoms with Crippen LogP contribution in [-0.2, 0) is 6.54 Å². The van der Waals surface area contributed by atoms with Crippen LogP contribution in [0.5, 0.6) is 0 Å². The molecule has 0 atom stereocenters. The van der Waals surface area contributed by atoms with Crippen LogP contribution in [0.4, 0.5) is 11.5 Å². The number of para-hydroxylation sites is 1. The summed E-state index contributed by atoms with van der Waals surface area (Å²) in [5.41, 5.74) is 3.46. The molecule has 0 aliphatic heterocycles. The van der Waals surface area contributed by atoms with Gasteiger partial charge in [0.15, 0.2) is 0 Å². The minimum Gasteiger partial charge on any atom is -0.329 e. The topological polar surface area (TPSA) is 28.2 Å². The van der Waals surface area contributed by atoms with Gasteiger partial charge in [0, 0.05) is 25.0 Å². The van der Waals surface area contributed by atoms with Gasteiger partial charge in [-0.25, -0.2) is 4.98 Å². The lowest BCUT2D eigenvalue weighted by Crippen LogP contribution is -2.13.